The number of nitrogens with zero attached hydrogens (tertiary/aromatic N) is 7. The zero-order valence-electron chi connectivity index (χ0n) is 26.6. The van der Waals surface area contributed by atoms with E-state index in [9.17, 15) is 4.79 Å². The number of ether oxygens (including phenoxy) is 3. The Hall–Kier alpha value is -3.22. The summed E-state index contributed by atoms with van der Waals surface area (Å²) < 4.78 is 19.8. The molecule has 0 aliphatic carbocycles. The fourth-order valence-electron chi connectivity index (χ4n) is 7.30. The average molecular weight is 639 g/mol. The second-order valence-electron chi connectivity index (χ2n) is 13.8. The first-order valence-corrected chi connectivity index (χ1v) is 16.6. The Kier molecular flexibility index (Phi) is 8.02. The molecule has 0 saturated carbocycles. The summed E-state index contributed by atoms with van der Waals surface area (Å²) in [7, 11) is 0. The predicted molar refractivity (Wildman–Crippen MR) is 171 cm³/mol. The Morgan fingerprint density at radius 3 is 2.69 bits per heavy atom. The molecule has 1 unspecified atom stereocenters. The van der Waals surface area contributed by atoms with Gasteiger partial charge in [-0.2, -0.15) is 0 Å². The molecule has 0 radical (unpaired) electrons. The van der Waals surface area contributed by atoms with Crippen molar-refractivity contribution >= 4 is 46.2 Å². The van der Waals surface area contributed by atoms with E-state index in [1.807, 2.05) is 50.7 Å². The molecule has 3 aromatic rings. The molecule has 45 heavy (non-hydrogen) atoms. The topological polar surface area (TPSA) is 120 Å². The third-order valence-electron chi connectivity index (χ3n) is 9.58. The van der Waals surface area contributed by atoms with Gasteiger partial charge in [0.05, 0.1) is 36.3 Å². The summed E-state index contributed by atoms with van der Waals surface area (Å²) in [6, 6.07) is 3.74. The lowest BCUT2D eigenvalue weighted by atomic mass is 9.73. The number of aromatic nitrogens is 5. The predicted octanol–water partition coefficient (Wildman–Crippen LogP) is 5.56. The van der Waals surface area contributed by atoms with Crippen LogP contribution < -0.4 is 15.1 Å². The minimum Gasteiger partial charge on any atom is -0.444 e. The van der Waals surface area contributed by atoms with Crippen molar-refractivity contribution in [2.75, 3.05) is 42.6 Å². The number of nitrogens with one attached hydrogen (secondary N) is 1. The number of pyridine rings is 1. The first-order valence-electron chi connectivity index (χ1n) is 16.3. The van der Waals surface area contributed by atoms with E-state index in [2.05, 4.69) is 20.1 Å². The molecule has 3 aromatic heterocycles. The molecule has 1 N–H and O–H groups in total. The summed E-state index contributed by atoms with van der Waals surface area (Å²) in [5.74, 6) is 1.59. The molecule has 242 valence electrons. The Morgan fingerprint density at radius 2 is 1.93 bits per heavy atom. The highest BCUT2D eigenvalue weighted by molar-refractivity contribution is 6.29. The van der Waals surface area contributed by atoms with Gasteiger partial charge in [-0.3, -0.25) is 0 Å². The van der Waals surface area contributed by atoms with Crippen LogP contribution in [0.15, 0.2) is 18.3 Å². The van der Waals surface area contributed by atoms with E-state index in [0.717, 1.165) is 98.8 Å². The first-order chi connectivity index (χ1) is 21.6. The van der Waals surface area contributed by atoms with Crippen molar-refractivity contribution < 1.29 is 19.0 Å². The number of rotatable bonds is 4. The van der Waals surface area contributed by atoms with Crippen molar-refractivity contribution in [1.82, 2.24) is 30.0 Å². The second-order valence-corrected chi connectivity index (χ2v) is 14.2. The van der Waals surface area contributed by atoms with Crippen LogP contribution in [0.5, 0.6) is 0 Å². The van der Waals surface area contributed by atoms with Crippen LogP contribution in [0, 0.1) is 5.41 Å². The quantitative estimate of drug-likeness (QED) is 0.364. The van der Waals surface area contributed by atoms with Gasteiger partial charge in [0.15, 0.2) is 23.2 Å². The van der Waals surface area contributed by atoms with Gasteiger partial charge < -0.3 is 29.3 Å². The number of amides is 1. The minimum atomic E-state index is -0.558. The van der Waals surface area contributed by atoms with Gasteiger partial charge in [0.2, 0.25) is 0 Å². The maximum Gasteiger partial charge on any atom is 0.407 e. The average Bonchev–Trinajstić information content (AvgIpc) is 3.54. The summed E-state index contributed by atoms with van der Waals surface area (Å²) in [5, 5.41) is 8.76. The van der Waals surface area contributed by atoms with Crippen molar-refractivity contribution in [3.8, 4) is 0 Å². The molecule has 4 aliphatic rings. The number of hydrogen-bond donors (Lipinski definition) is 1. The van der Waals surface area contributed by atoms with Crippen LogP contribution in [-0.2, 0) is 20.6 Å². The SMILES string of the molecule is C[C@@H]1OCC2(CCN(c3cnc4c(N5CCCc6nc(Cl)ccc65)nn(C5CCCCO5)c4n3)CC2)[C@@H]1NC(=O)OC(C)(C)C. The molecule has 1 spiro atoms. The number of hydrogen-bond acceptors (Lipinski definition) is 10. The molecule has 3 saturated heterocycles. The smallest absolute Gasteiger partial charge is 0.407 e. The zero-order chi connectivity index (χ0) is 31.3. The molecule has 13 heteroatoms. The summed E-state index contributed by atoms with van der Waals surface area (Å²) in [5.41, 5.74) is 2.75. The van der Waals surface area contributed by atoms with Crippen molar-refractivity contribution in [1.29, 1.82) is 0 Å². The van der Waals surface area contributed by atoms with Crippen LogP contribution in [0.3, 0.4) is 0 Å². The minimum absolute atomic E-state index is 0.0883. The van der Waals surface area contributed by atoms with Gasteiger partial charge in [-0.15, -0.1) is 5.10 Å². The number of carbonyl (C=O) groups is 1. The van der Waals surface area contributed by atoms with Gasteiger partial charge in [-0.05, 0) is 84.8 Å². The number of aryl methyl sites for hydroxylation is 1. The molecule has 3 fully saturated rings. The third kappa shape index (κ3) is 5.92. The number of fused-ring (bicyclic) bond motifs is 2. The van der Waals surface area contributed by atoms with E-state index in [-0.39, 0.29) is 23.8 Å². The first kappa shape index (κ1) is 30.4. The summed E-state index contributed by atoms with van der Waals surface area (Å²) in [4.78, 5) is 32.0. The van der Waals surface area contributed by atoms with E-state index in [1.54, 1.807) is 0 Å². The van der Waals surface area contributed by atoms with E-state index in [4.69, 9.17) is 40.9 Å². The van der Waals surface area contributed by atoms with E-state index in [1.165, 1.54) is 0 Å². The fraction of sp³-hybridized carbons (Fsp3) is 0.656. The van der Waals surface area contributed by atoms with E-state index >= 15 is 0 Å². The summed E-state index contributed by atoms with van der Waals surface area (Å²) in [6.07, 6.45) is 7.74. The lowest BCUT2D eigenvalue weighted by molar-refractivity contribution is -0.0368. The van der Waals surface area contributed by atoms with Crippen LogP contribution >= 0.6 is 11.6 Å². The van der Waals surface area contributed by atoms with Crippen molar-refractivity contribution in [2.24, 2.45) is 5.41 Å². The Morgan fingerprint density at radius 1 is 1.11 bits per heavy atom. The number of alkyl carbamates (subject to hydrolysis) is 1. The van der Waals surface area contributed by atoms with Crippen LogP contribution in [0.4, 0.5) is 22.1 Å². The second kappa shape index (κ2) is 11.9. The molecule has 7 rings (SSSR count). The van der Waals surface area contributed by atoms with Crippen LogP contribution in [-0.4, -0.2) is 81.4 Å². The highest BCUT2D eigenvalue weighted by Crippen LogP contribution is 2.44. The number of halogens is 1. The molecule has 4 aliphatic heterocycles. The molecule has 12 nitrogen and oxygen atoms in total. The van der Waals surface area contributed by atoms with Gasteiger partial charge >= 0.3 is 6.09 Å². The van der Waals surface area contributed by atoms with Crippen molar-refractivity contribution in [2.45, 2.75) is 96.6 Å². The maximum absolute atomic E-state index is 12.7. The Bertz CT molecular complexity index is 1560. The molecule has 7 heterocycles. The molecule has 3 atom stereocenters. The van der Waals surface area contributed by atoms with Crippen LogP contribution in [0.25, 0.3) is 11.2 Å². The summed E-state index contributed by atoms with van der Waals surface area (Å²) in [6.45, 7) is 11.3. The maximum atomic E-state index is 12.7. The highest BCUT2D eigenvalue weighted by Gasteiger charge is 2.50. The standard InChI is InChI=1S/C32H43ClN8O4/c1-20-27(37-30(42)45-31(2,3)4)32(19-44-20)12-15-39(16-13-32)24-18-34-26-28(36-24)41(25-9-5-6-17-43-25)38-29(26)40-14-7-8-21-22(40)10-11-23(33)35-21/h10-11,18,20,25,27H,5-9,12-17,19H2,1-4H3,(H,37,42)/t20-,25?,27+/m0/s1. The van der Waals surface area contributed by atoms with Gasteiger partial charge in [-0.25, -0.2) is 24.4 Å². The molecular weight excluding hydrogens is 596 g/mol. The summed E-state index contributed by atoms with van der Waals surface area (Å²) >= 11 is 6.24. The van der Waals surface area contributed by atoms with Crippen molar-refractivity contribution in [3.63, 3.8) is 0 Å². The molecule has 1 amide bonds. The van der Waals surface area contributed by atoms with Gasteiger partial charge in [0.25, 0.3) is 0 Å². The lowest BCUT2D eigenvalue weighted by Crippen LogP contribution is -2.55. The normalized spacial score (nSPS) is 25.0. The van der Waals surface area contributed by atoms with E-state index < -0.39 is 11.7 Å². The van der Waals surface area contributed by atoms with Gasteiger partial charge in [0.1, 0.15) is 16.6 Å². The monoisotopic (exact) mass is 638 g/mol. The number of carbonyl (C=O) groups excluding carboxylic acids is 1. The van der Waals surface area contributed by atoms with Crippen LogP contribution in [0.1, 0.15) is 78.1 Å². The number of piperidine rings is 1. The van der Waals surface area contributed by atoms with Crippen molar-refractivity contribution in [3.05, 3.63) is 29.2 Å². The number of anilines is 3. The van der Waals surface area contributed by atoms with Crippen LogP contribution in [0.2, 0.25) is 5.15 Å². The zero-order valence-corrected chi connectivity index (χ0v) is 27.3. The molecule has 0 bridgehead atoms. The Balaban J connectivity index is 1.16. The molecule has 0 aromatic carbocycles. The van der Waals surface area contributed by atoms with Gasteiger partial charge in [0, 0.05) is 31.7 Å². The Labute approximate surface area is 268 Å². The largest absolute Gasteiger partial charge is 0.444 e. The molecular formula is C32H43ClN8O4. The lowest BCUT2D eigenvalue weighted by Gasteiger charge is -2.42. The van der Waals surface area contributed by atoms with E-state index in [0.29, 0.717) is 18.4 Å². The highest BCUT2D eigenvalue weighted by atomic mass is 35.5. The third-order valence-corrected chi connectivity index (χ3v) is 9.79. The van der Waals surface area contributed by atoms with Gasteiger partial charge in [-0.1, -0.05) is 11.6 Å². The fourth-order valence-corrected chi connectivity index (χ4v) is 7.47.